The van der Waals surface area contributed by atoms with Gasteiger partial charge in [0, 0.05) is 17.9 Å². The van der Waals surface area contributed by atoms with Crippen LogP contribution >= 0.6 is 11.8 Å². The molecule has 1 aromatic carbocycles. The van der Waals surface area contributed by atoms with Gasteiger partial charge in [-0.25, -0.2) is 0 Å². The summed E-state index contributed by atoms with van der Waals surface area (Å²) in [5.41, 5.74) is 1.95. The van der Waals surface area contributed by atoms with Gasteiger partial charge in [0.05, 0.1) is 5.60 Å². The number of rotatable bonds is 3. The van der Waals surface area contributed by atoms with E-state index in [-0.39, 0.29) is 5.91 Å². The molecule has 1 aliphatic heterocycles. The van der Waals surface area contributed by atoms with E-state index in [9.17, 15) is 9.90 Å². The molecule has 1 aliphatic rings. The largest absolute Gasteiger partial charge is 0.387 e. The fraction of sp³-hybridized carbons (Fsp3) is 0.500. The van der Waals surface area contributed by atoms with Crippen LogP contribution < -0.4 is 5.32 Å². The number of hydrogen-bond donors (Lipinski definition) is 2. The lowest BCUT2D eigenvalue weighted by Gasteiger charge is -2.22. The summed E-state index contributed by atoms with van der Waals surface area (Å²) in [6, 6.07) is 5.81. The second-order valence-corrected chi connectivity index (χ2v) is 6.08. The van der Waals surface area contributed by atoms with Gasteiger partial charge in [-0.05, 0) is 37.1 Å². The van der Waals surface area contributed by atoms with Crippen molar-refractivity contribution < 1.29 is 9.90 Å². The number of hydrogen-bond acceptors (Lipinski definition) is 3. The maximum atomic E-state index is 12.2. The van der Waals surface area contributed by atoms with Gasteiger partial charge in [0.1, 0.15) is 0 Å². The van der Waals surface area contributed by atoms with Gasteiger partial charge in [0.25, 0.3) is 5.91 Å². The van der Waals surface area contributed by atoms with Crippen molar-refractivity contribution in [3.63, 3.8) is 0 Å². The van der Waals surface area contributed by atoms with Gasteiger partial charge in [-0.15, -0.1) is 0 Å². The van der Waals surface area contributed by atoms with E-state index in [4.69, 9.17) is 0 Å². The molecule has 1 heterocycles. The van der Waals surface area contributed by atoms with Crippen molar-refractivity contribution in [2.45, 2.75) is 25.9 Å². The number of aryl methyl sites for hydroxylation is 2. The molecular weight excluding hydrogens is 246 g/mol. The molecule has 0 saturated carbocycles. The zero-order chi connectivity index (χ0) is 13.2. The number of carbonyl (C=O) groups excluding carboxylic acids is 1. The Morgan fingerprint density at radius 3 is 2.67 bits per heavy atom. The molecule has 4 heteroatoms. The van der Waals surface area contributed by atoms with Crippen molar-refractivity contribution in [1.29, 1.82) is 0 Å². The maximum Gasteiger partial charge on any atom is 0.251 e. The molecular formula is C14H19NO2S. The Labute approximate surface area is 112 Å². The van der Waals surface area contributed by atoms with Crippen LogP contribution in [0.5, 0.6) is 0 Å². The van der Waals surface area contributed by atoms with Crippen LogP contribution in [0.2, 0.25) is 0 Å². The highest BCUT2D eigenvalue weighted by atomic mass is 32.2. The van der Waals surface area contributed by atoms with Crippen LogP contribution in [0.1, 0.15) is 27.9 Å². The molecule has 1 saturated heterocycles. The first kappa shape index (κ1) is 13.4. The average molecular weight is 265 g/mol. The van der Waals surface area contributed by atoms with Gasteiger partial charge in [-0.1, -0.05) is 18.2 Å². The summed E-state index contributed by atoms with van der Waals surface area (Å²) >= 11 is 1.73. The van der Waals surface area contributed by atoms with Crippen LogP contribution in [0.4, 0.5) is 0 Å². The Bertz CT molecular complexity index is 433. The van der Waals surface area contributed by atoms with Gasteiger partial charge in [-0.2, -0.15) is 11.8 Å². The third-order valence-corrected chi connectivity index (χ3v) is 4.60. The summed E-state index contributed by atoms with van der Waals surface area (Å²) < 4.78 is 0. The van der Waals surface area contributed by atoms with E-state index < -0.39 is 5.60 Å². The molecule has 0 aromatic heterocycles. The van der Waals surface area contributed by atoms with Crippen LogP contribution in [0, 0.1) is 13.8 Å². The van der Waals surface area contributed by atoms with E-state index in [2.05, 4.69) is 5.32 Å². The summed E-state index contributed by atoms with van der Waals surface area (Å²) in [6.07, 6.45) is 0.755. The van der Waals surface area contributed by atoms with E-state index in [0.29, 0.717) is 12.3 Å². The molecule has 2 rings (SSSR count). The zero-order valence-electron chi connectivity index (χ0n) is 10.8. The summed E-state index contributed by atoms with van der Waals surface area (Å²) in [7, 11) is 0. The second kappa shape index (κ2) is 5.33. The molecule has 98 valence electrons. The van der Waals surface area contributed by atoms with Crippen LogP contribution in [-0.2, 0) is 0 Å². The Morgan fingerprint density at radius 2 is 2.11 bits per heavy atom. The summed E-state index contributed by atoms with van der Waals surface area (Å²) in [4.78, 5) is 12.2. The van der Waals surface area contributed by atoms with E-state index in [1.807, 2.05) is 32.0 Å². The van der Waals surface area contributed by atoms with E-state index in [1.165, 1.54) is 0 Å². The third-order valence-electron chi connectivity index (χ3n) is 3.37. The molecule has 0 aliphatic carbocycles. The molecule has 1 atom stereocenters. The van der Waals surface area contributed by atoms with Crippen molar-refractivity contribution in [3.8, 4) is 0 Å². The van der Waals surface area contributed by atoms with E-state index in [1.54, 1.807) is 11.8 Å². The Balaban J connectivity index is 2.04. The molecule has 2 N–H and O–H groups in total. The number of benzene rings is 1. The number of amides is 1. The SMILES string of the molecule is Cc1cccc(C)c1C(=O)NCC1(O)CCSC1. The highest BCUT2D eigenvalue weighted by Gasteiger charge is 2.32. The minimum Gasteiger partial charge on any atom is -0.387 e. The van der Waals surface area contributed by atoms with Crippen LogP contribution in [-0.4, -0.2) is 34.7 Å². The van der Waals surface area contributed by atoms with Crippen molar-refractivity contribution in [2.24, 2.45) is 0 Å². The first-order valence-electron chi connectivity index (χ1n) is 6.16. The summed E-state index contributed by atoms with van der Waals surface area (Å²) in [6.45, 7) is 4.21. The molecule has 3 nitrogen and oxygen atoms in total. The van der Waals surface area contributed by atoms with E-state index in [0.717, 1.165) is 28.9 Å². The Kier molecular flexibility index (Phi) is 3.97. The smallest absolute Gasteiger partial charge is 0.251 e. The average Bonchev–Trinajstić information content (AvgIpc) is 2.74. The first-order valence-corrected chi connectivity index (χ1v) is 7.32. The molecule has 0 spiro atoms. The summed E-state index contributed by atoms with van der Waals surface area (Å²) in [5.74, 6) is 1.59. The van der Waals surface area contributed by atoms with E-state index >= 15 is 0 Å². The lowest BCUT2D eigenvalue weighted by molar-refractivity contribution is 0.0612. The Hall–Kier alpha value is -1.00. The monoisotopic (exact) mass is 265 g/mol. The molecule has 1 aromatic rings. The van der Waals surface area contributed by atoms with Gasteiger partial charge in [0.2, 0.25) is 0 Å². The normalized spacial score (nSPS) is 23.1. The molecule has 18 heavy (non-hydrogen) atoms. The van der Waals surface area contributed by atoms with Gasteiger partial charge >= 0.3 is 0 Å². The second-order valence-electron chi connectivity index (χ2n) is 4.98. The zero-order valence-corrected chi connectivity index (χ0v) is 11.6. The molecule has 0 radical (unpaired) electrons. The lowest BCUT2D eigenvalue weighted by atomic mass is 10.0. The fourth-order valence-electron chi connectivity index (χ4n) is 2.24. The highest BCUT2D eigenvalue weighted by molar-refractivity contribution is 7.99. The van der Waals surface area contributed by atoms with Crippen LogP contribution in [0.3, 0.4) is 0 Å². The number of thioether (sulfide) groups is 1. The molecule has 1 amide bonds. The maximum absolute atomic E-state index is 12.2. The quantitative estimate of drug-likeness (QED) is 0.877. The fourth-order valence-corrected chi connectivity index (χ4v) is 3.54. The standard InChI is InChI=1S/C14H19NO2S/c1-10-4-3-5-11(2)12(10)13(16)15-8-14(17)6-7-18-9-14/h3-5,17H,6-9H2,1-2H3,(H,15,16). The predicted octanol–water partition coefficient (Wildman–Crippen LogP) is 1.90. The number of nitrogens with one attached hydrogen (secondary N) is 1. The van der Waals surface area contributed by atoms with Crippen molar-refractivity contribution in [1.82, 2.24) is 5.32 Å². The van der Waals surface area contributed by atoms with Gasteiger partial charge in [0.15, 0.2) is 0 Å². The number of aliphatic hydroxyl groups is 1. The van der Waals surface area contributed by atoms with Crippen molar-refractivity contribution in [2.75, 3.05) is 18.1 Å². The van der Waals surface area contributed by atoms with Crippen molar-refractivity contribution >= 4 is 17.7 Å². The Morgan fingerprint density at radius 1 is 1.44 bits per heavy atom. The minimum absolute atomic E-state index is 0.0871. The van der Waals surface area contributed by atoms with Gasteiger partial charge in [-0.3, -0.25) is 4.79 Å². The van der Waals surface area contributed by atoms with Gasteiger partial charge < -0.3 is 10.4 Å². The molecule has 1 unspecified atom stereocenters. The topological polar surface area (TPSA) is 49.3 Å². The summed E-state index contributed by atoms with van der Waals surface area (Å²) in [5, 5.41) is 13.1. The van der Waals surface area contributed by atoms with Crippen LogP contribution in [0.25, 0.3) is 0 Å². The third kappa shape index (κ3) is 2.87. The molecule has 1 fully saturated rings. The minimum atomic E-state index is -0.725. The predicted molar refractivity (Wildman–Crippen MR) is 75.1 cm³/mol. The lowest BCUT2D eigenvalue weighted by Crippen LogP contribution is -2.43. The van der Waals surface area contributed by atoms with Crippen molar-refractivity contribution in [3.05, 3.63) is 34.9 Å². The highest BCUT2D eigenvalue weighted by Crippen LogP contribution is 2.27. The van der Waals surface area contributed by atoms with Crippen LogP contribution in [0.15, 0.2) is 18.2 Å². The first-order chi connectivity index (χ1) is 8.52. The number of carbonyl (C=O) groups is 1. The molecule has 0 bridgehead atoms.